The van der Waals surface area contributed by atoms with Crippen LogP contribution in [-0.2, 0) is 25.9 Å². The summed E-state index contributed by atoms with van der Waals surface area (Å²) in [5, 5.41) is 0. The van der Waals surface area contributed by atoms with E-state index in [1.807, 2.05) is 0 Å². The fourth-order valence-electron chi connectivity index (χ4n) is 2.73. The Balaban J connectivity index is 1.75. The SMILES string of the molecule is Cc1ccc(CCc2nc(Br)c3n2CCN(C)C3)cc1. The van der Waals surface area contributed by atoms with Gasteiger partial charge in [0, 0.05) is 26.1 Å². The molecule has 2 aromatic rings. The smallest absolute Gasteiger partial charge is 0.128 e. The van der Waals surface area contributed by atoms with E-state index in [4.69, 9.17) is 4.98 Å². The Morgan fingerprint density at radius 1 is 1.15 bits per heavy atom. The second-order valence-corrected chi connectivity index (χ2v) is 6.39. The van der Waals surface area contributed by atoms with E-state index in [1.165, 1.54) is 22.6 Å². The van der Waals surface area contributed by atoms with Crippen molar-refractivity contribution in [2.75, 3.05) is 13.6 Å². The lowest BCUT2D eigenvalue weighted by Gasteiger charge is -2.25. The van der Waals surface area contributed by atoms with Crippen molar-refractivity contribution in [3.05, 3.63) is 51.5 Å². The normalized spacial score (nSPS) is 15.3. The second-order valence-electron chi connectivity index (χ2n) is 5.64. The van der Waals surface area contributed by atoms with E-state index in [9.17, 15) is 0 Å². The van der Waals surface area contributed by atoms with Gasteiger partial charge in [-0.05, 0) is 41.9 Å². The number of nitrogens with zero attached hydrogens (tertiary/aromatic N) is 3. The van der Waals surface area contributed by atoms with Crippen molar-refractivity contribution in [2.24, 2.45) is 0 Å². The first-order valence-electron chi connectivity index (χ1n) is 7.11. The highest BCUT2D eigenvalue weighted by Gasteiger charge is 2.20. The third kappa shape index (κ3) is 2.81. The van der Waals surface area contributed by atoms with Crippen LogP contribution in [0.5, 0.6) is 0 Å². The Labute approximate surface area is 128 Å². The molecule has 3 nitrogen and oxygen atoms in total. The van der Waals surface area contributed by atoms with Gasteiger partial charge >= 0.3 is 0 Å². The van der Waals surface area contributed by atoms with E-state index >= 15 is 0 Å². The Bertz CT molecular complexity index is 601. The van der Waals surface area contributed by atoms with Gasteiger partial charge in [-0.3, -0.25) is 4.90 Å². The molecule has 0 saturated heterocycles. The highest BCUT2D eigenvalue weighted by molar-refractivity contribution is 9.10. The van der Waals surface area contributed by atoms with Gasteiger partial charge in [0.05, 0.1) is 5.69 Å². The number of benzene rings is 1. The van der Waals surface area contributed by atoms with Crippen LogP contribution in [-0.4, -0.2) is 28.0 Å². The summed E-state index contributed by atoms with van der Waals surface area (Å²) in [5.41, 5.74) is 4.02. The lowest BCUT2D eigenvalue weighted by Crippen LogP contribution is -2.31. The molecule has 0 bridgehead atoms. The first-order chi connectivity index (χ1) is 9.63. The standard InChI is InChI=1S/C16H20BrN3/c1-12-3-5-13(6-4-12)7-8-15-18-16(17)14-11-19(2)9-10-20(14)15/h3-6H,7-11H2,1-2H3. The lowest BCUT2D eigenvalue weighted by atomic mass is 10.1. The third-order valence-corrected chi connectivity index (χ3v) is 4.62. The zero-order valence-electron chi connectivity index (χ0n) is 12.1. The minimum atomic E-state index is 0.984. The number of halogens is 1. The molecule has 20 heavy (non-hydrogen) atoms. The molecule has 2 heterocycles. The quantitative estimate of drug-likeness (QED) is 0.860. The van der Waals surface area contributed by atoms with Crippen LogP contribution >= 0.6 is 15.9 Å². The number of imidazole rings is 1. The van der Waals surface area contributed by atoms with Crippen LogP contribution in [0.4, 0.5) is 0 Å². The molecule has 0 atom stereocenters. The fourth-order valence-corrected chi connectivity index (χ4v) is 3.27. The molecule has 0 aliphatic carbocycles. The van der Waals surface area contributed by atoms with Crippen LogP contribution in [0.3, 0.4) is 0 Å². The molecule has 0 unspecified atom stereocenters. The van der Waals surface area contributed by atoms with E-state index in [0.29, 0.717) is 0 Å². The van der Waals surface area contributed by atoms with Crippen molar-refractivity contribution in [3.8, 4) is 0 Å². The van der Waals surface area contributed by atoms with Crippen molar-refractivity contribution in [1.82, 2.24) is 14.5 Å². The molecular formula is C16H20BrN3. The molecule has 0 fully saturated rings. The number of hydrogen-bond donors (Lipinski definition) is 0. The van der Waals surface area contributed by atoms with Gasteiger partial charge in [-0.1, -0.05) is 29.8 Å². The van der Waals surface area contributed by atoms with Crippen LogP contribution in [0.1, 0.15) is 22.6 Å². The second kappa shape index (κ2) is 5.70. The highest BCUT2D eigenvalue weighted by atomic mass is 79.9. The van der Waals surface area contributed by atoms with Gasteiger partial charge in [-0.2, -0.15) is 0 Å². The molecule has 0 spiro atoms. The van der Waals surface area contributed by atoms with Gasteiger partial charge in [-0.25, -0.2) is 4.98 Å². The molecule has 1 aliphatic heterocycles. The van der Waals surface area contributed by atoms with Gasteiger partial charge in [0.2, 0.25) is 0 Å². The molecular weight excluding hydrogens is 314 g/mol. The molecule has 1 aliphatic rings. The molecule has 4 heteroatoms. The summed E-state index contributed by atoms with van der Waals surface area (Å²) >= 11 is 3.61. The van der Waals surface area contributed by atoms with E-state index in [2.05, 4.69) is 63.6 Å². The molecule has 0 N–H and O–H groups in total. The van der Waals surface area contributed by atoms with E-state index in [1.54, 1.807) is 0 Å². The fraction of sp³-hybridized carbons (Fsp3) is 0.438. The third-order valence-electron chi connectivity index (χ3n) is 3.99. The molecule has 1 aromatic carbocycles. The van der Waals surface area contributed by atoms with Gasteiger partial charge in [0.1, 0.15) is 10.4 Å². The van der Waals surface area contributed by atoms with Gasteiger partial charge in [0.15, 0.2) is 0 Å². The average Bonchev–Trinajstić information content (AvgIpc) is 2.74. The Hall–Kier alpha value is -1.13. The summed E-state index contributed by atoms with van der Waals surface area (Å²) < 4.78 is 3.40. The molecule has 3 rings (SSSR count). The maximum absolute atomic E-state index is 4.71. The molecule has 0 radical (unpaired) electrons. The molecule has 106 valence electrons. The van der Waals surface area contributed by atoms with Crippen molar-refractivity contribution in [1.29, 1.82) is 0 Å². The predicted octanol–water partition coefficient (Wildman–Crippen LogP) is 3.18. The summed E-state index contributed by atoms with van der Waals surface area (Å²) in [7, 11) is 2.16. The maximum Gasteiger partial charge on any atom is 0.128 e. The first kappa shape index (κ1) is 13.8. The van der Waals surface area contributed by atoms with Crippen molar-refractivity contribution in [3.63, 3.8) is 0 Å². The zero-order valence-corrected chi connectivity index (χ0v) is 13.7. The highest BCUT2D eigenvalue weighted by Crippen LogP contribution is 2.23. The largest absolute Gasteiger partial charge is 0.329 e. The number of fused-ring (bicyclic) bond motifs is 1. The molecule has 1 aromatic heterocycles. The van der Waals surface area contributed by atoms with Crippen molar-refractivity contribution >= 4 is 15.9 Å². The van der Waals surface area contributed by atoms with Crippen LogP contribution in [0.25, 0.3) is 0 Å². The Morgan fingerprint density at radius 2 is 1.90 bits per heavy atom. The monoisotopic (exact) mass is 333 g/mol. The molecule has 0 amide bonds. The Kier molecular flexibility index (Phi) is 3.94. The van der Waals surface area contributed by atoms with Gasteiger partial charge < -0.3 is 4.57 Å². The number of hydrogen-bond acceptors (Lipinski definition) is 2. The van der Waals surface area contributed by atoms with Crippen LogP contribution in [0.15, 0.2) is 28.9 Å². The summed E-state index contributed by atoms with van der Waals surface area (Å²) in [5.74, 6) is 1.21. The average molecular weight is 334 g/mol. The van der Waals surface area contributed by atoms with Crippen molar-refractivity contribution < 1.29 is 0 Å². The van der Waals surface area contributed by atoms with Gasteiger partial charge in [0.25, 0.3) is 0 Å². The topological polar surface area (TPSA) is 21.1 Å². The predicted molar refractivity (Wildman–Crippen MR) is 84.8 cm³/mol. The van der Waals surface area contributed by atoms with Crippen molar-refractivity contribution in [2.45, 2.75) is 32.9 Å². The summed E-state index contributed by atoms with van der Waals surface area (Å²) in [6.07, 6.45) is 2.06. The zero-order chi connectivity index (χ0) is 14.1. The summed E-state index contributed by atoms with van der Waals surface area (Å²) in [4.78, 5) is 7.05. The molecule has 0 saturated carbocycles. The van der Waals surface area contributed by atoms with Crippen LogP contribution in [0, 0.1) is 6.92 Å². The lowest BCUT2D eigenvalue weighted by molar-refractivity contribution is 0.266. The van der Waals surface area contributed by atoms with Gasteiger partial charge in [-0.15, -0.1) is 0 Å². The summed E-state index contributed by atoms with van der Waals surface area (Å²) in [6, 6.07) is 8.80. The summed E-state index contributed by atoms with van der Waals surface area (Å²) in [6.45, 7) is 5.27. The van der Waals surface area contributed by atoms with Crippen LogP contribution in [0.2, 0.25) is 0 Å². The number of rotatable bonds is 3. The van der Waals surface area contributed by atoms with E-state index in [0.717, 1.165) is 37.1 Å². The van der Waals surface area contributed by atoms with Crippen LogP contribution < -0.4 is 0 Å². The minimum absolute atomic E-state index is 0.984. The number of aromatic nitrogens is 2. The first-order valence-corrected chi connectivity index (χ1v) is 7.90. The maximum atomic E-state index is 4.71. The number of aryl methyl sites for hydroxylation is 3. The number of likely N-dealkylation sites (N-methyl/N-ethyl adjacent to an activating group) is 1. The van der Waals surface area contributed by atoms with E-state index in [-0.39, 0.29) is 0 Å². The van der Waals surface area contributed by atoms with E-state index < -0.39 is 0 Å². The Morgan fingerprint density at radius 3 is 2.65 bits per heavy atom. The minimum Gasteiger partial charge on any atom is -0.329 e.